The molecule has 1 aromatic carbocycles. The molecule has 140 valence electrons. The number of amides is 2. The summed E-state index contributed by atoms with van der Waals surface area (Å²) in [5.74, 6) is -0.594. The van der Waals surface area contributed by atoms with Crippen LogP contribution < -0.4 is 16.2 Å². The Balaban J connectivity index is 1.72. The Morgan fingerprint density at radius 2 is 2.07 bits per heavy atom. The van der Waals surface area contributed by atoms with E-state index in [0.29, 0.717) is 28.8 Å². The lowest BCUT2D eigenvalue weighted by molar-refractivity contribution is -0.116. The van der Waals surface area contributed by atoms with E-state index in [4.69, 9.17) is 0 Å². The molecular weight excluding hydrogens is 348 g/mol. The van der Waals surface area contributed by atoms with Crippen LogP contribution in [-0.4, -0.2) is 37.7 Å². The molecule has 0 unspecified atom stereocenters. The summed E-state index contributed by atoms with van der Waals surface area (Å²) in [5.41, 5.74) is 1.06. The first-order valence-corrected chi connectivity index (χ1v) is 8.55. The maximum atomic E-state index is 12.4. The van der Waals surface area contributed by atoms with Gasteiger partial charge in [0.15, 0.2) is 5.65 Å². The Morgan fingerprint density at radius 3 is 2.85 bits per heavy atom. The number of nitrogens with zero attached hydrogens (tertiary/aromatic N) is 4. The molecule has 2 heterocycles. The van der Waals surface area contributed by atoms with Crippen molar-refractivity contribution < 1.29 is 9.59 Å². The van der Waals surface area contributed by atoms with Crippen molar-refractivity contribution in [2.45, 2.75) is 19.9 Å². The Hall–Kier alpha value is -3.49. The number of rotatable bonds is 6. The van der Waals surface area contributed by atoms with Crippen LogP contribution in [0.15, 0.2) is 41.6 Å². The highest BCUT2D eigenvalue weighted by Crippen LogP contribution is 2.11. The van der Waals surface area contributed by atoms with Gasteiger partial charge in [0.25, 0.3) is 11.5 Å². The van der Waals surface area contributed by atoms with Crippen LogP contribution >= 0.6 is 0 Å². The minimum atomic E-state index is -0.395. The molecule has 27 heavy (non-hydrogen) atoms. The van der Waals surface area contributed by atoms with Gasteiger partial charge in [-0.05, 0) is 24.6 Å². The highest BCUT2D eigenvalue weighted by atomic mass is 16.2. The van der Waals surface area contributed by atoms with Gasteiger partial charge in [-0.25, -0.2) is 4.98 Å². The number of hydrogen-bond acceptors (Lipinski definition) is 5. The molecule has 9 heteroatoms. The standard InChI is InChI=1S/C18H20N6O3/c1-3-7-19-17(26)12-5-4-6-13(8-12)22-15(25)10-24-11-20-16-14(18(24)27)9-21-23(16)2/h4-6,8-9,11H,3,7,10H2,1-2H3,(H,19,26)(H,22,25). The van der Waals surface area contributed by atoms with Crippen molar-refractivity contribution in [1.82, 2.24) is 24.6 Å². The minimum Gasteiger partial charge on any atom is -0.352 e. The molecule has 0 radical (unpaired) electrons. The molecule has 0 saturated heterocycles. The zero-order chi connectivity index (χ0) is 19.4. The predicted octanol–water partition coefficient (Wildman–Crippen LogP) is 0.908. The average Bonchev–Trinajstić information content (AvgIpc) is 3.04. The summed E-state index contributed by atoms with van der Waals surface area (Å²) in [5, 5.41) is 9.82. The summed E-state index contributed by atoms with van der Waals surface area (Å²) < 4.78 is 2.72. The Bertz CT molecular complexity index is 1050. The summed E-state index contributed by atoms with van der Waals surface area (Å²) in [7, 11) is 1.69. The van der Waals surface area contributed by atoms with Gasteiger partial charge in [-0.3, -0.25) is 23.6 Å². The van der Waals surface area contributed by atoms with Crippen LogP contribution in [0.5, 0.6) is 0 Å². The lowest BCUT2D eigenvalue weighted by Crippen LogP contribution is -2.28. The second kappa shape index (κ2) is 7.81. The number of fused-ring (bicyclic) bond motifs is 1. The van der Waals surface area contributed by atoms with E-state index in [1.165, 1.54) is 21.8 Å². The molecule has 2 aromatic heterocycles. The molecule has 3 rings (SSSR count). The first-order valence-electron chi connectivity index (χ1n) is 8.55. The van der Waals surface area contributed by atoms with Crippen molar-refractivity contribution in [2.24, 2.45) is 7.05 Å². The molecule has 0 aliphatic carbocycles. The van der Waals surface area contributed by atoms with Crippen LogP contribution in [0.1, 0.15) is 23.7 Å². The fourth-order valence-corrected chi connectivity index (χ4v) is 2.61. The van der Waals surface area contributed by atoms with Crippen LogP contribution in [0.4, 0.5) is 5.69 Å². The zero-order valence-corrected chi connectivity index (χ0v) is 15.1. The van der Waals surface area contributed by atoms with Crippen LogP contribution in [-0.2, 0) is 18.4 Å². The third-order valence-corrected chi connectivity index (χ3v) is 3.98. The molecule has 0 saturated carbocycles. The summed E-state index contributed by atoms with van der Waals surface area (Å²) in [6.07, 6.45) is 3.59. The molecule has 0 aliphatic heterocycles. The summed E-state index contributed by atoms with van der Waals surface area (Å²) >= 11 is 0. The van der Waals surface area contributed by atoms with E-state index < -0.39 is 5.91 Å². The van der Waals surface area contributed by atoms with Gasteiger partial charge in [0.05, 0.1) is 6.20 Å². The van der Waals surface area contributed by atoms with Gasteiger partial charge in [0.1, 0.15) is 18.3 Å². The minimum absolute atomic E-state index is 0.192. The number of anilines is 1. The van der Waals surface area contributed by atoms with E-state index in [0.717, 1.165) is 6.42 Å². The normalized spacial score (nSPS) is 10.7. The molecule has 0 atom stereocenters. The van der Waals surface area contributed by atoms with Gasteiger partial charge in [-0.2, -0.15) is 5.10 Å². The maximum absolute atomic E-state index is 12.4. The van der Waals surface area contributed by atoms with Gasteiger partial charge in [0.2, 0.25) is 5.91 Å². The highest BCUT2D eigenvalue weighted by molar-refractivity contribution is 5.97. The van der Waals surface area contributed by atoms with Gasteiger partial charge in [-0.1, -0.05) is 13.0 Å². The van der Waals surface area contributed by atoms with E-state index in [2.05, 4.69) is 20.7 Å². The fraction of sp³-hybridized carbons (Fsp3) is 0.278. The number of carbonyl (C=O) groups is 2. The molecule has 0 bridgehead atoms. The number of hydrogen-bond donors (Lipinski definition) is 2. The molecule has 0 spiro atoms. The smallest absolute Gasteiger partial charge is 0.264 e. The molecule has 2 amide bonds. The van der Waals surface area contributed by atoms with Crippen molar-refractivity contribution in [3.63, 3.8) is 0 Å². The van der Waals surface area contributed by atoms with Crippen LogP contribution in [0.2, 0.25) is 0 Å². The SMILES string of the molecule is CCCNC(=O)c1cccc(NC(=O)Cn2cnc3c(cnn3C)c2=O)c1. The second-order valence-corrected chi connectivity index (χ2v) is 6.07. The third kappa shape index (κ3) is 4.02. The Labute approximate surface area is 155 Å². The first kappa shape index (κ1) is 18.3. The van der Waals surface area contributed by atoms with Crippen LogP contribution in [0, 0.1) is 0 Å². The monoisotopic (exact) mass is 368 g/mol. The third-order valence-electron chi connectivity index (χ3n) is 3.98. The van der Waals surface area contributed by atoms with E-state index in [1.807, 2.05) is 6.92 Å². The number of aromatic nitrogens is 4. The quantitative estimate of drug-likeness (QED) is 0.672. The summed E-state index contributed by atoms with van der Waals surface area (Å²) in [4.78, 5) is 40.9. The van der Waals surface area contributed by atoms with Crippen molar-refractivity contribution >= 4 is 28.5 Å². The number of aryl methyl sites for hydroxylation is 1. The summed E-state index contributed by atoms with van der Waals surface area (Å²) in [6, 6.07) is 6.63. The summed E-state index contributed by atoms with van der Waals surface area (Å²) in [6.45, 7) is 2.36. The van der Waals surface area contributed by atoms with Crippen LogP contribution in [0.3, 0.4) is 0 Å². The molecule has 2 N–H and O–H groups in total. The largest absolute Gasteiger partial charge is 0.352 e. The molecule has 0 aliphatic rings. The molecule has 0 fully saturated rings. The van der Waals surface area contributed by atoms with Gasteiger partial charge >= 0.3 is 0 Å². The van der Waals surface area contributed by atoms with Crippen molar-refractivity contribution in [3.05, 3.63) is 52.7 Å². The lowest BCUT2D eigenvalue weighted by Gasteiger charge is -2.09. The Morgan fingerprint density at radius 1 is 1.26 bits per heavy atom. The molecule has 3 aromatic rings. The first-order chi connectivity index (χ1) is 13.0. The fourth-order valence-electron chi connectivity index (χ4n) is 2.61. The average molecular weight is 368 g/mol. The van der Waals surface area contributed by atoms with E-state index in [-0.39, 0.29) is 18.0 Å². The van der Waals surface area contributed by atoms with Crippen molar-refractivity contribution in [1.29, 1.82) is 0 Å². The molecular formula is C18H20N6O3. The van der Waals surface area contributed by atoms with Crippen molar-refractivity contribution in [3.8, 4) is 0 Å². The Kier molecular flexibility index (Phi) is 5.30. The van der Waals surface area contributed by atoms with E-state index in [1.54, 1.807) is 31.3 Å². The lowest BCUT2D eigenvalue weighted by atomic mass is 10.2. The number of benzene rings is 1. The number of carbonyl (C=O) groups excluding carboxylic acids is 2. The topological polar surface area (TPSA) is 111 Å². The van der Waals surface area contributed by atoms with Crippen LogP contribution in [0.25, 0.3) is 11.0 Å². The van der Waals surface area contributed by atoms with Gasteiger partial charge < -0.3 is 10.6 Å². The van der Waals surface area contributed by atoms with E-state index >= 15 is 0 Å². The van der Waals surface area contributed by atoms with Gasteiger partial charge in [0, 0.05) is 24.8 Å². The van der Waals surface area contributed by atoms with Crippen molar-refractivity contribution in [2.75, 3.05) is 11.9 Å². The molecule has 9 nitrogen and oxygen atoms in total. The maximum Gasteiger partial charge on any atom is 0.264 e. The predicted molar refractivity (Wildman–Crippen MR) is 100 cm³/mol. The second-order valence-electron chi connectivity index (χ2n) is 6.07. The number of nitrogens with one attached hydrogen (secondary N) is 2. The van der Waals surface area contributed by atoms with E-state index in [9.17, 15) is 14.4 Å². The van der Waals surface area contributed by atoms with Gasteiger partial charge in [-0.15, -0.1) is 0 Å². The highest BCUT2D eigenvalue weighted by Gasteiger charge is 2.12. The zero-order valence-electron chi connectivity index (χ0n) is 15.1.